The Morgan fingerprint density at radius 3 is 2.85 bits per heavy atom. The summed E-state index contributed by atoms with van der Waals surface area (Å²) >= 11 is 0. The first-order chi connectivity index (χ1) is 9.81. The van der Waals surface area contributed by atoms with E-state index in [2.05, 4.69) is 20.5 Å². The molecule has 3 rings (SSSR count). The zero-order valence-corrected chi connectivity index (χ0v) is 11.6. The van der Waals surface area contributed by atoms with Crippen molar-refractivity contribution in [3.63, 3.8) is 0 Å². The van der Waals surface area contributed by atoms with Gasteiger partial charge in [-0.05, 0) is 37.0 Å². The first kappa shape index (κ1) is 13.1. The van der Waals surface area contributed by atoms with E-state index in [0.29, 0.717) is 24.5 Å². The summed E-state index contributed by atoms with van der Waals surface area (Å²) in [5, 5.41) is 11.5. The molecule has 20 heavy (non-hydrogen) atoms. The largest absolute Gasteiger partial charge is 0.407 e. The van der Waals surface area contributed by atoms with Crippen molar-refractivity contribution in [3.05, 3.63) is 36.0 Å². The summed E-state index contributed by atoms with van der Waals surface area (Å²) in [6, 6.07) is 5.26. The van der Waals surface area contributed by atoms with Crippen molar-refractivity contribution in [2.45, 2.75) is 31.8 Å². The van der Waals surface area contributed by atoms with Gasteiger partial charge in [0, 0.05) is 32.0 Å². The normalized spacial score (nSPS) is 14.4. The van der Waals surface area contributed by atoms with Gasteiger partial charge in [0.15, 0.2) is 0 Å². The van der Waals surface area contributed by atoms with E-state index in [1.54, 1.807) is 0 Å². The van der Waals surface area contributed by atoms with Crippen LogP contribution in [0.5, 0.6) is 0 Å². The summed E-state index contributed by atoms with van der Waals surface area (Å²) in [6.45, 7) is 1.50. The highest BCUT2D eigenvalue weighted by molar-refractivity contribution is 5.23. The quantitative estimate of drug-likeness (QED) is 0.822. The third kappa shape index (κ3) is 3.54. The van der Waals surface area contributed by atoms with Gasteiger partial charge in [0.25, 0.3) is 0 Å². The molecular formula is C14H19N5O. The minimum Gasteiger partial charge on any atom is -0.407 e. The number of anilines is 1. The molecule has 0 atom stereocenters. The molecule has 0 spiro atoms. The monoisotopic (exact) mass is 273 g/mol. The zero-order valence-electron chi connectivity index (χ0n) is 11.6. The lowest BCUT2D eigenvalue weighted by Gasteiger charge is -2.13. The highest BCUT2D eigenvalue weighted by atomic mass is 16.4. The summed E-state index contributed by atoms with van der Waals surface area (Å²) in [5.41, 5.74) is 1.25. The topological polar surface area (TPSA) is 67.1 Å². The number of likely N-dealkylation sites (N-methyl/N-ethyl adjacent to an activating group) is 1. The van der Waals surface area contributed by atoms with Gasteiger partial charge in [0.05, 0.1) is 6.54 Å². The minimum atomic E-state index is 0.576. The second-order valence-corrected chi connectivity index (χ2v) is 5.16. The number of hydrogen-bond donors (Lipinski definition) is 1. The Hall–Kier alpha value is -1.95. The Labute approximate surface area is 118 Å². The predicted molar refractivity (Wildman–Crippen MR) is 75.4 cm³/mol. The van der Waals surface area contributed by atoms with Gasteiger partial charge < -0.3 is 14.6 Å². The zero-order chi connectivity index (χ0) is 13.8. The van der Waals surface area contributed by atoms with Gasteiger partial charge in [-0.2, -0.15) is 0 Å². The van der Waals surface area contributed by atoms with Crippen molar-refractivity contribution in [2.75, 3.05) is 18.5 Å². The van der Waals surface area contributed by atoms with Crippen LogP contribution < -0.4 is 10.2 Å². The second kappa shape index (κ2) is 6.00. The van der Waals surface area contributed by atoms with Crippen LogP contribution in [0.2, 0.25) is 0 Å². The second-order valence-electron chi connectivity index (χ2n) is 5.16. The lowest BCUT2D eigenvalue weighted by molar-refractivity contribution is 0.464. The Balaban J connectivity index is 1.49. The molecule has 0 amide bonds. The number of nitrogens with zero attached hydrogens (tertiary/aromatic N) is 4. The highest BCUT2D eigenvalue weighted by Gasteiger charge is 2.21. The van der Waals surface area contributed by atoms with Crippen LogP contribution in [0.1, 0.15) is 24.3 Å². The van der Waals surface area contributed by atoms with Gasteiger partial charge in [0.1, 0.15) is 0 Å². The van der Waals surface area contributed by atoms with Gasteiger partial charge >= 0.3 is 6.01 Å². The summed E-state index contributed by atoms with van der Waals surface area (Å²) in [6.07, 6.45) is 7.06. The smallest absolute Gasteiger partial charge is 0.317 e. The molecule has 6 heteroatoms. The molecule has 1 N–H and O–H groups in total. The van der Waals surface area contributed by atoms with Gasteiger partial charge in [-0.25, -0.2) is 0 Å². The Kier molecular flexibility index (Phi) is 3.92. The predicted octanol–water partition coefficient (Wildman–Crippen LogP) is 1.40. The fourth-order valence-electron chi connectivity index (χ4n) is 1.93. The fraction of sp³-hybridized carbons (Fsp3) is 0.500. The molecule has 2 aromatic rings. The molecule has 1 aliphatic carbocycles. The van der Waals surface area contributed by atoms with Crippen LogP contribution in [-0.4, -0.2) is 34.8 Å². The maximum atomic E-state index is 5.64. The molecule has 6 nitrogen and oxygen atoms in total. The first-order valence-corrected chi connectivity index (χ1v) is 6.97. The molecule has 1 aliphatic rings. The lowest BCUT2D eigenvalue weighted by Crippen LogP contribution is -2.20. The Morgan fingerprint density at radius 2 is 2.10 bits per heavy atom. The molecule has 1 saturated carbocycles. The summed E-state index contributed by atoms with van der Waals surface area (Å²) in [4.78, 5) is 5.99. The van der Waals surface area contributed by atoms with Crippen molar-refractivity contribution in [1.82, 2.24) is 20.5 Å². The van der Waals surface area contributed by atoms with E-state index in [4.69, 9.17) is 4.42 Å². The van der Waals surface area contributed by atoms with Crippen molar-refractivity contribution >= 4 is 6.01 Å². The van der Waals surface area contributed by atoms with Gasteiger partial charge in [-0.1, -0.05) is 5.10 Å². The van der Waals surface area contributed by atoms with Crippen LogP contribution in [0.15, 0.2) is 28.9 Å². The number of aromatic nitrogens is 3. The van der Waals surface area contributed by atoms with E-state index in [1.165, 1.54) is 18.4 Å². The minimum absolute atomic E-state index is 0.576. The first-order valence-electron chi connectivity index (χ1n) is 6.97. The molecular weight excluding hydrogens is 254 g/mol. The Bertz CT molecular complexity index is 538. The number of rotatable bonds is 7. The van der Waals surface area contributed by atoms with Gasteiger partial charge in [-0.15, -0.1) is 5.10 Å². The standard InChI is InChI=1S/C14H19N5O/c1-19(9-6-11-4-7-15-8-5-11)14-18-17-13(20-14)10-16-12-2-3-12/h4-5,7-8,12,16H,2-3,6,9-10H2,1H3. The van der Waals surface area contributed by atoms with E-state index in [-0.39, 0.29) is 0 Å². The van der Waals surface area contributed by atoms with Crippen molar-refractivity contribution in [2.24, 2.45) is 0 Å². The Morgan fingerprint density at radius 1 is 1.30 bits per heavy atom. The third-order valence-corrected chi connectivity index (χ3v) is 3.39. The van der Waals surface area contributed by atoms with Crippen molar-refractivity contribution in [3.8, 4) is 0 Å². The van der Waals surface area contributed by atoms with Crippen LogP contribution >= 0.6 is 0 Å². The highest BCUT2D eigenvalue weighted by Crippen LogP contribution is 2.19. The van der Waals surface area contributed by atoms with E-state index in [9.17, 15) is 0 Å². The summed E-state index contributed by atoms with van der Waals surface area (Å²) in [5.74, 6) is 0.655. The van der Waals surface area contributed by atoms with Crippen LogP contribution in [0.4, 0.5) is 6.01 Å². The van der Waals surface area contributed by atoms with Gasteiger partial charge in [-0.3, -0.25) is 4.98 Å². The molecule has 1 fully saturated rings. The van der Waals surface area contributed by atoms with E-state index >= 15 is 0 Å². The van der Waals surface area contributed by atoms with Gasteiger partial charge in [0.2, 0.25) is 5.89 Å². The summed E-state index contributed by atoms with van der Waals surface area (Å²) < 4.78 is 5.64. The number of nitrogens with one attached hydrogen (secondary N) is 1. The van der Waals surface area contributed by atoms with E-state index in [1.807, 2.05) is 36.5 Å². The third-order valence-electron chi connectivity index (χ3n) is 3.39. The van der Waals surface area contributed by atoms with Crippen LogP contribution in [0.3, 0.4) is 0 Å². The van der Waals surface area contributed by atoms with Crippen LogP contribution in [0.25, 0.3) is 0 Å². The van der Waals surface area contributed by atoms with Crippen molar-refractivity contribution in [1.29, 1.82) is 0 Å². The molecule has 0 aromatic carbocycles. The van der Waals surface area contributed by atoms with E-state index < -0.39 is 0 Å². The number of pyridine rings is 1. The van der Waals surface area contributed by atoms with Crippen LogP contribution in [-0.2, 0) is 13.0 Å². The molecule has 0 radical (unpaired) electrons. The molecule has 2 aromatic heterocycles. The van der Waals surface area contributed by atoms with E-state index in [0.717, 1.165) is 13.0 Å². The molecule has 106 valence electrons. The summed E-state index contributed by atoms with van der Waals surface area (Å²) in [7, 11) is 1.97. The fourth-order valence-corrected chi connectivity index (χ4v) is 1.93. The van der Waals surface area contributed by atoms with Crippen LogP contribution in [0, 0.1) is 0 Å². The molecule has 0 unspecified atom stereocenters. The average Bonchev–Trinajstić information content (AvgIpc) is 3.20. The lowest BCUT2D eigenvalue weighted by atomic mass is 10.2. The molecule has 2 heterocycles. The maximum absolute atomic E-state index is 5.64. The maximum Gasteiger partial charge on any atom is 0.317 e. The molecule has 0 bridgehead atoms. The average molecular weight is 273 g/mol. The molecule has 0 saturated heterocycles. The molecule has 0 aliphatic heterocycles. The SMILES string of the molecule is CN(CCc1ccncc1)c1nnc(CNC2CC2)o1. The number of hydrogen-bond acceptors (Lipinski definition) is 6. The van der Waals surface area contributed by atoms with Crippen molar-refractivity contribution < 1.29 is 4.42 Å².